The molecule has 0 aliphatic carbocycles. The Morgan fingerprint density at radius 3 is 2.48 bits per heavy atom. The van der Waals surface area contributed by atoms with Crippen LogP contribution in [-0.2, 0) is 14.1 Å². The van der Waals surface area contributed by atoms with Crippen molar-refractivity contribution in [2.24, 2.45) is 24.3 Å². The highest BCUT2D eigenvalue weighted by Gasteiger charge is 2.14. The lowest BCUT2D eigenvalue weighted by Gasteiger charge is -1.97. The molecule has 0 saturated heterocycles. The third-order valence-corrected chi connectivity index (χ3v) is 3.12. The van der Waals surface area contributed by atoms with E-state index in [1.165, 1.54) is 16.2 Å². The summed E-state index contributed by atoms with van der Waals surface area (Å²) >= 11 is 0. The number of H-pyrrole nitrogens is 1. The smallest absolute Gasteiger partial charge is 0.304 e. The number of rotatable bonds is 2. The molecule has 3 aromatic rings. The number of nitrogens with one attached hydrogen (secondary N) is 1. The van der Waals surface area contributed by atoms with Gasteiger partial charge in [0.05, 0.1) is 5.69 Å². The summed E-state index contributed by atoms with van der Waals surface area (Å²) in [6.07, 6.45) is 0. The van der Waals surface area contributed by atoms with Crippen molar-refractivity contribution in [3.8, 4) is 0 Å². The number of nitrogens with zero attached hydrogens (tertiary/aromatic N) is 5. The molecule has 21 heavy (non-hydrogen) atoms. The standard InChI is InChI=1S/C13H12N6O2/c1-18-9-10(19(2)13(21)15-11(9)20)14-12(18)17-16-8-6-4-3-5-7-8/h3-7H,1-2H3,(H,15,20,21). The predicted octanol–water partition coefficient (Wildman–Crippen LogP) is 1.38. The molecule has 0 fully saturated rings. The summed E-state index contributed by atoms with van der Waals surface area (Å²) in [5.74, 6) is 0.251. The summed E-state index contributed by atoms with van der Waals surface area (Å²) in [5, 5.41) is 8.09. The van der Waals surface area contributed by atoms with Crippen LogP contribution in [-0.4, -0.2) is 19.1 Å². The molecule has 2 aromatic heterocycles. The maximum Gasteiger partial charge on any atom is 0.329 e. The fourth-order valence-electron chi connectivity index (χ4n) is 1.98. The fraction of sp³-hybridized carbons (Fsp3) is 0.154. The predicted molar refractivity (Wildman–Crippen MR) is 77.2 cm³/mol. The number of hydrogen-bond donors (Lipinski definition) is 1. The maximum absolute atomic E-state index is 11.9. The minimum Gasteiger partial charge on any atom is -0.304 e. The molecule has 0 saturated carbocycles. The number of imidazole rings is 1. The van der Waals surface area contributed by atoms with Crippen LogP contribution in [0.25, 0.3) is 11.2 Å². The van der Waals surface area contributed by atoms with Gasteiger partial charge in [-0.05, 0) is 12.1 Å². The van der Waals surface area contributed by atoms with Gasteiger partial charge in [0, 0.05) is 14.1 Å². The minimum atomic E-state index is -0.517. The molecule has 0 unspecified atom stereocenters. The van der Waals surface area contributed by atoms with Gasteiger partial charge >= 0.3 is 5.69 Å². The molecule has 3 rings (SSSR count). The van der Waals surface area contributed by atoms with Crippen molar-refractivity contribution in [3.05, 3.63) is 51.2 Å². The second kappa shape index (κ2) is 4.82. The molecule has 8 nitrogen and oxygen atoms in total. The first-order valence-corrected chi connectivity index (χ1v) is 6.20. The van der Waals surface area contributed by atoms with E-state index in [-0.39, 0.29) is 17.1 Å². The number of fused-ring (bicyclic) bond motifs is 1. The lowest BCUT2D eigenvalue weighted by Crippen LogP contribution is -2.29. The highest BCUT2D eigenvalue weighted by molar-refractivity contribution is 5.73. The Kier molecular flexibility index (Phi) is 2.98. The van der Waals surface area contributed by atoms with E-state index >= 15 is 0 Å². The van der Waals surface area contributed by atoms with Crippen molar-refractivity contribution in [3.63, 3.8) is 0 Å². The maximum atomic E-state index is 11.9. The zero-order valence-electron chi connectivity index (χ0n) is 11.4. The molecule has 0 spiro atoms. The Hall–Kier alpha value is -3.03. The van der Waals surface area contributed by atoms with Crippen molar-refractivity contribution in [2.45, 2.75) is 0 Å². The van der Waals surface area contributed by atoms with Gasteiger partial charge in [-0.1, -0.05) is 18.2 Å². The third kappa shape index (κ3) is 2.16. The van der Waals surface area contributed by atoms with Crippen LogP contribution in [0.5, 0.6) is 0 Å². The van der Waals surface area contributed by atoms with Gasteiger partial charge in [0.1, 0.15) is 0 Å². The van der Waals surface area contributed by atoms with Crippen molar-refractivity contribution in [1.82, 2.24) is 19.1 Å². The quantitative estimate of drug-likeness (QED) is 0.720. The first-order chi connectivity index (χ1) is 10.1. The SMILES string of the molecule is Cn1c(N=Nc2ccccc2)nc2c1c(=O)[nH]c(=O)n2C. The van der Waals surface area contributed by atoms with Crippen LogP contribution in [0, 0.1) is 0 Å². The average molecular weight is 284 g/mol. The molecule has 0 atom stereocenters. The number of aryl methyl sites for hydroxylation is 2. The Labute approximate surface area is 118 Å². The second-order valence-electron chi connectivity index (χ2n) is 4.50. The van der Waals surface area contributed by atoms with Gasteiger partial charge < -0.3 is 4.57 Å². The molecular weight excluding hydrogens is 272 g/mol. The zero-order valence-corrected chi connectivity index (χ0v) is 11.4. The van der Waals surface area contributed by atoms with E-state index in [0.29, 0.717) is 5.69 Å². The zero-order chi connectivity index (χ0) is 15.0. The summed E-state index contributed by atoms with van der Waals surface area (Å²) in [7, 11) is 3.18. The number of azo groups is 1. The van der Waals surface area contributed by atoms with E-state index in [1.54, 1.807) is 19.2 Å². The Morgan fingerprint density at radius 1 is 1.05 bits per heavy atom. The second-order valence-corrected chi connectivity index (χ2v) is 4.50. The van der Waals surface area contributed by atoms with Gasteiger partial charge in [-0.15, -0.1) is 10.2 Å². The van der Waals surface area contributed by atoms with E-state index in [1.807, 2.05) is 18.2 Å². The van der Waals surface area contributed by atoms with Crippen LogP contribution in [0.4, 0.5) is 11.6 Å². The van der Waals surface area contributed by atoms with Gasteiger partial charge in [-0.25, -0.2) is 4.79 Å². The molecule has 2 heterocycles. The number of aromatic nitrogens is 4. The summed E-state index contributed by atoms with van der Waals surface area (Å²) in [6.45, 7) is 0. The Morgan fingerprint density at radius 2 is 1.76 bits per heavy atom. The monoisotopic (exact) mass is 284 g/mol. The van der Waals surface area contributed by atoms with Gasteiger partial charge in [-0.2, -0.15) is 4.98 Å². The molecule has 106 valence electrons. The van der Waals surface area contributed by atoms with Crippen LogP contribution in [0.1, 0.15) is 0 Å². The molecule has 0 bridgehead atoms. The van der Waals surface area contributed by atoms with Crippen molar-refractivity contribution in [1.29, 1.82) is 0 Å². The lowest BCUT2D eigenvalue weighted by molar-refractivity contribution is 0.829. The van der Waals surface area contributed by atoms with Crippen molar-refractivity contribution < 1.29 is 0 Å². The van der Waals surface area contributed by atoms with Crippen LogP contribution in [0.3, 0.4) is 0 Å². The average Bonchev–Trinajstić information content (AvgIpc) is 2.81. The number of hydrogen-bond acceptors (Lipinski definition) is 5. The van der Waals surface area contributed by atoms with Crippen LogP contribution >= 0.6 is 0 Å². The minimum absolute atomic E-state index is 0.251. The molecule has 0 radical (unpaired) electrons. The third-order valence-electron chi connectivity index (χ3n) is 3.12. The Balaban J connectivity index is 2.17. The van der Waals surface area contributed by atoms with E-state index in [9.17, 15) is 9.59 Å². The highest BCUT2D eigenvalue weighted by Crippen LogP contribution is 2.19. The van der Waals surface area contributed by atoms with Crippen LogP contribution in [0.15, 0.2) is 50.1 Å². The summed E-state index contributed by atoms with van der Waals surface area (Å²) in [6, 6.07) is 9.17. The highest BCUT2D eigenvalue weighted by atomic mass is 16.2. The van der Waals surface area contributed by atoms with E-state index < -0.39 is 11.2 Å². The van der Waals surface area contributed by atoms with E-state index in [2.05, 4.69) is 20.2 Å². The lowest BCUT2D eigenvalue weighted by atomic mass is 10.3. The fourth-order valence-corrected chi connectivity index (χ4v) is 1.98. The van der Waals surface area contributed by atoms with Gasteiger partial charge in [0.15, 0.2) is 11.2 Å². The van der Waals surface area contributed by atoms with Crippen LogP contribution in [0.2, 0.25) is 0 Å². The number of aromatic amines is 1. The normalized spacial score (nSPS) is 11.5. The topological polar surface area (TPSA) is 97.4 Å². The summed E-state index contributed by atoms with van der Waals surface area (Å²) < 4.78 is 2.76. The van der Waals surface area contributed by atoms with Gasteiger partial charge in [0.2, 0.25) is 0 Å². The molecule has 0 aliphatic heterocycles. The first kappa shape index (κ1) is 13.0. The molecule has 0 aliphatic rings. The van der Waals surface area contributed by atoms with Gasteiger partial charge in [0.25, 0.3) is 11.5 Å². The molecule has 1 N–H and O–H groups in total. The summed E-state index contributed by atoms with van der Waals surface area (Å²) in [5.41, 5.74) is 0.209. The largest absolute Gasteiger partial charge is 0.329 e. The van der Waals surface area contributed by atoms with E-state index in [0.717, 1.165) is 0 Å². The van der Waals surface area contributed by atoms with E-state index in [4.69, 9.17) is 0 Å². The van der Waals surface area contributed by atoms with Crippen LogP contribution < -0.4 is 11.2 Å². The molecule has 1 aromatic carbocycles. The molecular formula is C13H12N6O2. The molecule has 8 heteroatoms. The Bertz CT molecular complexity index is 948. The van der Waals surface area contributed by atoms with Crippen molar-refractivity contribution in [2.75, 3.05) is 0 Å². The molecule has 0 amide bonds. The number of benzene rings is 1. The van der Waals surface area contributed by atoms with Gasteiger partial charge in [-0.3, -0.25) is 14.3 Å². The summed E-state index contributed by atoms with van der Waals surface area (Å²) in [4.78, 5) is 29.8. The van der Waals surface area contributed by atoms with Crippen molar-refractivity contribution >= 4 is 22.8 Å². The first-order valence-electron chi connectivity index (χ1n) is 6.20.